The van der Waals surface area contributed by atoms with E-state index >= 15 is 0 Å². The average molecular weight is 624 g/mol. The number of rotatable bonds is 8. The van der Waals surface area contributed by atoms with Crippen LogP contribution in [-0.2, 0) is 33.5 Å². The molecule has 12 heteroatoms. The fourth-order valence-corrected chi connectivity index (χ4v) is 7.33. The van der Waals surface area contributed by atoms with Crippen LogP contribution in [0.25, 0.3) is 5.76 Å². The quantitative estimate of drug-likeness (QED) is 0.327. The Morgan fingerprint density at radius 1 is 1.18 bits per heavy atom. The SMILES string of the molecule is CCN(CCC(C)(C)C)Cc1cc(O)c2c(c1C(F)(F)F)CC1CC3C(N(C)C)C(O)=C(C(N)=O)CC3(OC)C(=O)C1=C2O. The lowest BCUT2D eigenvalue weighted by atomic mass is 9.57. The van der Waals surface area contributed by atoms with Gasteiger partial charge in [0.05, 0.1) is 22.7 Å². The number of carbonyl (C=O) groups excluding carboxylic acids is 2. The van der Waals surface area contributed by atoms with Gasteiger partial charge in [0, 0.05) is 31.6 Å². The first-order valence-corrected chi connectivity index (χ1v) is 14.9. The molecule has 3 aliphatic rings. The van der Waals surface area contributed by atoms with Crippen LogP contribution in [0.4, 0.5) is 13.2 Å². The van der Waals surface area contributed by atoms with Crippen molar-refractivity contribution < 1.29 is 42.8 Å². The fourth-order valence-electron chi connectivity index (χ4n) is 7.33. The number of aromatic hydroxyl groups is 1. The molecule has 4 rings (SSSR count). The number of ether oxygens (including phenoxy) is 1. The zero-order chi connectivity index (χ0) is 33.1. The standard InChI is InChI=1S/C32H44F3N3O6/c1-8-38(10-9-30(2,3)4)15-17-13-21(39)23-18(24(17)32(33,34)35)11-16-12-20-25(37(5)6)26(40)19(29(36)43)14-31(20,44-7)28(42)22(16)27(23)41/h13,16,20,25,39-41H,8-12,14-15H2,1-7H3,(H2,36,43). The number of Topliss-reactive ketones (excluding diaryl/α,β-unsaturated/α-hetero) is 1. The number of nitrogens with zero attached hydrogens (tertiary/aromatic N) is 2. The summed E-state index contributed by atoms with van der Waals surface area (Å²) in [5.74, 6) is -4.88. The lowest BCUT2D eigenvalue weighted by molar-refractivity contribution is -0.157. The number of methoxy groups -OCH3 is 1. The van der Waals surface area contributed by atoms with Gasteiger partial charge in [-0.15, -0.1) is 0 Å². The topological polar surface area (TPSA) is 137 Å². The van der Waals surface area contributed by atoms with E-state index in [1.165, 1.54) is 7.11 Å². The molecule has 1 amide bonds. The first-order valence-electron chi connectivity index (χ1n) is 14.9. The molecule has 1 aromatic rings. The number of aliphatic hydroxyl groups excluding tert-OH is 2. The van der Waals surface area contributed by atoms with Crippen LogP contribution in [0.15, 0.2) is 23.0 Å². The maximum absolute atomic E-state index is 14.9. The number of alkyl halides is 3. The van der Waals surface area contributed by atoms with Crippen molar-refractivity contribution in [3.8, 4) is 5.75 Å². The van der Waals surface area contributed by atoms with Crippen molar-refractivity contribution in [3.63, 3.8) is 0 Å². The molecule has 9 nitrogen and oxygen atoms in total. The molecule has 0 spiro atoms. The van der Waals surface area contributed by atoms with E-state index in [4.69, 9.17) is 10.5 Å². The van der Waals surface area contributed by atoms with Crippen molar-refractivity contribution in [2.75, 3.05) is 34.3 Å². The maximum atomic E-state index is 14.9. The summed E-state index contributed by atoms with van der Waals surface area (Å²) in [5, 5.41) is 33.7. The minimum atomic E-state index is -4.81. The predicted molar refractivity (Wildman–Crippen MR) is 159 cm³/mol. The second kappa shape index (κ2) is 11.7. The van der Waals surface area contributed by atoms with Crippen molar-refractivity contribution in [2.45, 2.75) is 77.7 Å². The highest BCUT2D eigenvalue weighted by Gasteiger charge is 2.61. The molecule has 0 saturated heterocycles. The van der Waals surface area contributed by atoms with E-state index in [0.717, 1.165) is 12.5 Å². The molecule has 0 aromatic heterocycles. The van der Waals surface area contributed by atoms with Gasteiger partial charge in [0.15, 0.2) is 5.78 Å². The molecule has 4 unspecified atom stereocenters. The van der Waals surface area contributed by atoms with Crippen LogP contribution in [0, 0.1) is 17.3 Å². The van der Waals surface area contributed by atoms with Crippen LogP contribution in [0.3, 0.4) is 0 Å². The third-order valence-corrected chi connectivity index (χ3v) is 9.54. The molecule has 4 atom stereocenters. The lowest BCUT2D eigenvalue weighted by Gasteiger charge is -2.53. The molecule has 0 bridgehead atoms. The van der Waals surface area contributed by atoms with Gasteiger partial charge in [0.2, 0.25) is 5.91 Å². The third-order valence-electron chi connectivity index (χ3n) is 9.54. The molecule has 1 saturated carbocycles. The monoisotopic (exact) mass is 623 g/mol. The highest BCUT2D eigenvalue weighted by molar-refractivity contribution is 6.10. The largest absolute Gasteiger partial charge is 0.510 e. The molecule has 1 aromatic carbocycles. The summed E-state index contributed by atoms with van der Waals surface area (Å²) in [4.78, 5) is 30.1. The van der Waals surface area contributed by atoms with Gasteiger partial charge in [-0.2, -0.15) is 13.2 Å². The van der Waals surface area contributed by atoms with E-state index in [0.29, 0.717) is 13.1 Å². The average Bonchev–Trinajstić information content (AvgIpc) is 2.89. The van der Waals surface area contributed by atoms with Crippen molar-refractivity contribution in [1.82, 2.24) is 9.80 Å². The summed E-state index contributed by atoms with van der Waals surface area (Å²) in [7, 11) is 4.55. The maximum Gasteiger partial charge on any atom is 0.417 e. The molecule has 1 fully saturated rings. The van der Waals surface area contributed by atoms with E-state index in [2.05, 4.69) is 20.8 Å². The molecule has 0 aliphatic heterocycles. The number of aliphatic hydroxyl groups is 2. The predicted octanol–water partition coefficient (Wildman–Crippen LogP) is 4.72. The van der Waals surface area contributed by atoms with E-state index in [-0.39, 0.29) is 59.3 Å². The summed E-state index contributed by atoms with van der Waals surface area (Å²) < 4.78 is 50.4. The number of hydrogen-bond acceptors (Lipinski definition) is 8. The van der Waals surface area contributed by atoms with Gasteiger partial charge in [0.25, 0.3) is 0 Å². The second-order valence-corrected chi connectivity index (χ2v) is 13.7. The van der Waals surface area contributed by atoms with Crippen LogP contribution in [0.5, 0.6) is 5.75 Å². The summed E-state index contributed by atoms with van der Waals surface area (Å²) in [6.45, 7) is 9.02. The van der Waals surface area contributed by atoms with Crippen molar-refractivity contribution in [3.05, 3.63) is 45.2 Å². The number of benzene rings is 1. The number of likely N-dealkylation sites (N-methyl/N-ethyl adjacent to an activating group) is 1. The number of amides is 1. The van der Waals surface area contributed by atoms with Gasteiger partial charge >= 0.3 is 6.18 Å². The number of phenolic OH excluding ortho intramolecular Hbond substituents is 1. The number of nitrogens with two attached hydrogens (primary N) is 1. The first kappa shape index (κ1) is 33.8. The molecular weight excluding hydrogens is 579 g/mol. The summed E-state index contributed by atoms with van der Waals surface area (Å²) >= 11 is 0. The number of primary amides is 1. The van der Waals surface area contributed by atoms with Crippen LogP contribution in [-0.4, -0.2) is 82.7 Å². The number of phenols is 1. The fraction of sp³-hybridized carbons (Fsp3) is 0.625. The summed E-state index contributed by atoms with van der Waals surface area (Å²) in [5.41, 5.74) is 1.74. The van der Waals surface area contributed by atoms with Crippen molar-refractivity contribution in [1.29, 1.82) is 0 Å². The zero-order valence-electron chi connectivity index (χ0n) is 26.4. The smallest absolute Gasteiger partial charge is 0.417 e. The van der Waals surface area contributed by atoms with E-state index in [9.17, 15) is 38.1 Å². The Hall–Kier alpha value is -3.09. The number of carbonyl (C=O) groups is 2. The Morgan fingerprint density at radius 3 is 2.32 bits per heavy atom. The van der Waals surface area contributed by atoms with Crippen LogP contribution in [0.2, 0.25) is 0 Å². The van der Waals surface area contributed by atoms with Gasteiger partial charge in [-0.05, 0) is 75.0 Å². The van der Waals surface area contributed by atoms with Gasteiger partial charge < -0.3 is 25.8 Å². The number of hydrogen-bond donors (Lipinski definition) is 4. The zero-order valence-corrected chi connectivity index (χ0v) is 26.4. The highest BCUT2D eigenvalue weighted by Crippen LogP contribution is 2.55. The van der Waals surface area contributed by atoms with Crippen LogP contribution < -0.4 is 5.73 Å². The second-order valence-electron chi connectivity index (χ2n) is 13.7. The Balaban J connectivity index is 1.89. The molecule has 244 valence electrons. The minimum absolute atomic E-state index is 0.0262. The van der Waals surface area contributed by atoms with Gasteiger partial charge in [-0.1, -0.05) is 27.7 Å². The molecule has 0 radical (unpaired) electrons. The Labute approximate surface area is 256 Å². The molecular formula is C32H44F3N3O6. The Bertz CT molecular complexity index is 1410. The molecule has 0 heterocycles. The lowest BCUT2D eigenvalue weighted by Crippen LogP contribution is -2.63. The van der Waals surface area contributed by atoms with Crippen molar-refractivity contribution >= 4 is 17.4 Å². The first-order chi connectivity index (χ1) is 20.3. The van der Waals surface area contributed by atoms with Gasteiger partial charge in [0.1, 0.15) is 22.9 Å². The number of fused-ring (bicyclic) bond motifs is 3. The van der Waals surface area contributed by atoms with E-state index in [1.807, 2.05) is 11.8 Å². The summed E-state index contributed by atoms with van der Waals surface area (Å²) in [6, 6.07) is 0.137. The van der Waals surface area contributed by atoms with Gasteiger partial charge in [-0.3, -0.25) is 19.4 Å². The Morgan fingerprint density at radius 2 is 1.82 bits per heavy atom. The molecule has 44 heavy (non-hydrogen) atoms. The highest BCUT2D eigenvalue weighted by atomic mass is 19.4. The Kier molecular flexibility index (Phi) is 8.98. The number of halogens is 3. The van der Waals surface area contributed by atoms with E-state index < -0.39 is 64.0 Å². The number of ketones is 1. The van der Waals surface area contributed by atoms with Crippen LogP contribution >= 0.6 is 0 Å². The van der Waals surface area contributed by atoms with Gasteiger partial charge in [-0.25, -0.2) is 0 Å². The molecule has 5 N–H and O–H groups in total. The van der Waals surface area contributed by atoms with Crippen molar-refractivity contribution in [2.24, 2.45) is 23.0 Å². The molecule has 3 aliphatic carbocycles. The van der Waals surface area contributed by atoms with E-state index in [1.54, 1.807) is 19.0 Å². The van der Waals surface area contributed by atoms with Crippen LogP contribution in [0.1, 0.15) is 69.2 Å². The normalized spacial score (nSPS) is 25.8. The third kappa shape index (κ3) is 5.72. The minimum Gasteiger partial charge on any atom is -0.510 e. The summed E-state index contributed by atoms with van der Waals surface area (Å²) in [6.07, 6.45) is -4.63.